The number of benzene rings is 2. The third-order valence-corrected chi connectivity index (χ3v) is 7.42. The summed E-state index contributed by atoms with van der Waals surface area (Å²) in [7, 11) is 0. The summed E-state index contributed by atoms with van der Waals surface area (Å²) in [6.07, 6.45) is 2.53. The number of aliphatic carboxylic acids is 1. The van der Waals surface area contributed by atoms with Crippen molar-refractivity contribution in [3.8, 4) is 5.75 Å². The number of aromatic nitrogens is 1. The number of rotatable bonds is 14. The average molecular weight is 584 g/mol. The largest absolute Gasteiger partial charge is 0.508 e. The Morgan fingerprint density at radius 1 is 0.927 bits per heavy atom. The van der Waals surface area contributed by atoms with Gasteiger partial charge in [-0.3, -0.25) is 14.4 Å². The molecule has 0 fully saturated rings. The van der Waals surface area contributed by atoms with Crippen molar-refractivity contribution < 1.29 is 29.4 Å². The Balaban J connectivity index is 1.65. The first-order chi connectivity index (χ1) is 19.5. The molecule has 220 valence electrons. The van der Waals surface area contributed by atoms with Crippen molar-refractivity contribution in [1.29, 1.82) is 0 Å². The van der Waals surface area contributed by atoms with Crippen LogP contribution >= 0.6 is 12.6 Å². The predicted octanol–water partition coefficient (Wildman–Crippen LogP) is 1.50. The summed E-state index contributed by atoms with van der Waals surface area (Å²) in [5.74, 6) is -3.46. The van der Waals surface area contributed by atoms with Gasteiger partial charge in [-0.2, -0.15) is 12.6 Å². The number of phenols is 1. The maximum Gasteiger partial charge on any atom is 0.326 e. The minimum absolute atomic E-state index is 0.0217. The number of fused-ring (bicyclic) bond motifs is 1. The van der Waals surface area contributed by atoms with E-state index in [1.807, 2.05) is 31.2 Å². The van der Waals surface area contributed by atoms with Crippen LogP contribution in [0, 0.1) is 5.92 Å². The first kappa shape index (κ1) is 31.5. The molecular weight excluding hydrogens is 546 g/mol. The molecule has 3 rings (SSSR count). The van der Waals surface area contributed by atoms with Crippen molar-refractivity contribution >= 4 is 47.2 Å². The number of carboxylic acid groups (broad SMARTS) is 1. The Kier molecular flexibility index (Phi) is 11.2. The molecule has 3 aromatic rings. The molecule has 0 radical (unpaired) electrons. The monoisotopic (exact) mass is 583 g/mol. The van der Waals surface area contributed by atoms with Gasteiger partial charge >= 0.3 is 5.97 Å². The van der Waals surface area contributed by atoms with Gasteiger partial charge in [-0.25, -0.2) is 4.79 Å². The Morgan fingerprint density at radius 2 is 1.59 bits per heavy atom. The van der Waals surface area contributed by atoms with Crippen molar-refractivity contribution in [2.45, 2.75) is 57.3 Å². The van der Waals surface area contributed by atoms with E-state index in [4.69, 9.17) is 5.73 Å². The molecule has 5 unspecified atom stereocenters. The summed E-state index contributed by atoms with van der Waals surface area (Å²) >= 11 is 4.21. The number of nitrogens with two attached hydrogens (primary N) is 1. The number of thiol groups is 1. The molecule has 1 aromatic heterocycles. The quantitative estimate of drug-likeness (QED) is 0.132. The molecule has 0 spiro atoms. The zero-order chi connectivity index (χ0) is 30.1. The zero-order valence-electron chi connectivity index (χ0n) is 23.0. The summed E-state index contributed by atoms with van der Waals surface area (Å²) in [5.41, 5.74) is 8.55. The fraction of sp³-hybridized carbons (Fsp3) is 0.379. The summed E-state index contributed by atoms with van der Waals surface area (Å²) < 4.78 is 0. The topological polar surface area (TPSA) is 187 Å². The number of amides is 3. The number of phenolic OH excluding ortho intramolecular Hbond substituents is 1. The van der Waals surface area contributed by atoms with Gasteiger partial charge in [0.15, 0.2) is 0 Å². The van der Waals surface area contributed by atoms with Crippen LogP contribution in [0.3, 0.4) is 0 Å². The lowest BCUT2D eigenvalue weighted by atomic mass is 9.97. The fourth-order valence-electron chi connectivity index (χ4n) is 4.39. The molecule has 11 nitrogen and oxygen atoms in total. The second-order valence-corrected chi connectivity index (χ2v) is 10.4. The smallest absolute Gasteiger partial charge is 0.326 e. The van der Waals surface area contributed by atoms with E-state index in [1.54, 1.807) is 25.3 Å². The predicted molar refractivity (Wildman–Crippen MR) is 159 cm³/mol. The first-order valence-electron chi connectivity index (χ1n) is 13.4. The van der Waals surface area contributed by atoms with E-state index in [0.717, 1.165) is 16.5 Å². The Bertz CT molecular complexity index is 1360. The summed E-state index contributed by atoms with van der Waals surface area (Å²) in [5, 5.41) is 27.9. The van der Waals surface area contributed by atoms with Crippen LogP contribution < -0.4 is 21.7 Å². The molecule has 3 amide bonds. The maximum absolute atomic E-state index is 13.2. The lowest BCUT2D eigenvalue weighted by Crippen LogP contribution is -2.59. The van der Waals surface area contributed by atoms with Gasteiger partial charge in [0.2, 0.25) is 17.7 Å². The van der Waals surface area contributed by atoms with E-state index >= 15 is 0 Å². The highest BCUT2D eigenvalue weighted by Crippen LogP contribution is 2.19. The molecule has 41 heavy (non-hydrogen) atoms. The van der Waals surface area contributed by atoms with Crippen LogP contribution in [0.1, 0.15) is 31.4 Å². The van der Waals surface area contributed by atoms with Crippen LogP contribution in [0.2, 0.25) is 0 Å². The van der Waals surface area contributed by atoms with E-state index in [1.165, 1.54) is 12.1 Å². The second kappa shape index (κ2) is 14.6. The number of carboxylic acids is 1. The second-order valence-electron chi connectivity index (χ2n) is 10.1. The van der Waals surface area contributed by atoms with Gasteiger partial charge in [-0.1, -0.05) is 50.6 Å². The van der Waals surface area contributed by atoms with Crippen LogP contribution in [0.5, 0.6) is 5.75 Å². The van der Waals surface area contributed by atoms with Gasteiger partial charge in [0.05, 0.1) is 6.04 Å². The van der Waals surface area contributed by atoms with Crippen LogP contribution in [-0.2, 0) is 32.0 Å². The van der Waals surface area contributed by atoms with Crippen molar-refractivity contribution in [2.75, 3.05) is 5.75 Å². The van der Waals surface area contributed by atoms with Gasteiger partial charge in [-0.15, -0.1) is 0 Å². The van der Waals surface area contributed by atoms with E-state index in [0.29, 0.717) is 12.0 Å². The lowest BCUT2D eigenvalue weighted by molar-refractivity contribution is -0.142. The molecule has 0 aliphatic carbocycles. The van der Waals surface area contributed by atoms with Gasteiger partial charge in [-0.05, 0) is 41.7 Å². The Labute approximate surface area is 243 Å². The van der Waals surface area contributed by atoms with E-state index in [-0.39, 0.29) is 30.3 Å². The van der Waals surface area contributed by atoms with Crippen LogP contribution in [-0.4, -0.2) is 68.8 Å². The standard InChI is InChI=1S/C29H37N5O6S/c1-3-16(2)25(28(38)32-23(29(39)40)12-17-8-10-19(35)11-9-17)34-27(37)24(15-41)33-26(36)21(30)13-18-14-31-22-7-5-4-6-20(18)22/h4-11,14,16,21,23-25,31,35,41H,3,12-13,15,30H2,1-2H3,(H,32,38)(H,33,36)(H,34,37)(H,39,40). The van der Waals surface area contributed by atoms with E-state index < -0.39 is 47.9 Å². The van der Waals surface area contributed by atoms with E-state index in [2.05, 4.69) is 33.6 Å². The molecule has 0 aliphatic heterocycles. The number of hydrogen-bond donors (Lipinski definition) is 8. The molecule has 0 saturated heterocycles. The van der Waals surface area contributed by atoms with Crippen molar-refractivity contribution in [1.82, 2.24) is 20.9 Å². The zero-order valence-corrected chi connectivity index (χ0v) is 23.9. The number of hydrogen-bond acceptors (Lipinski definition) is 7. The van der Waals surface area contributed by atoms with Gasteiger partial charge < -0.3 is 36.9 Å². The first-order valence-corrected chi connectivity index (χ1v) is 14.0. The average Bonchev–Trinajstić information content (AvgIpc) is 3.37. The van der Waals surface area contributed by atoms with Gasteiger partial charge in [0.1, 0.15) is 23.9 Å². The number of carbonyl (C=O) groups is 4. The minimum Gasteiger partial charge on any atom is -0.508 e. The Hall–Kier alpha value is -4.03. The van der Waals surface area contributed by atoms with Gasteiger partial charge in [0.25, 0.3) is 0 Å². The van der Waals surface area contributed by atoms with Crippen molar-refractivity contribution in [3.63, 3.8) is 0 Å². The molecule has 0 saturated carbocycles. The Morgan fingerprint density at radius 3 is 2.22 bits per heavy atom. The molecule has 0 bridgehead atoms. The summed E-state index contributed by atoms with van der Waals surface area (Å²) in [6, 6.07) is 9.28. The van der Waals surface area contributed by atoms with Crippen molar-refractivity contribution in [3.05, 3.63) is 65.9 Å². The number of aromatic amines is 1. The molecular formula is C29H37N5O6S. The third-order valence-electron chi connectivity index (χ3n) is 7.05. The molecule has 2 aromatic carbocycles. The molecule has 0 aliphatic rings. The molecule has 12 heteroatoms. The fourth-order valence-corrected chi connectivity index (χ4v) is 4.65. The van der Waals surface area contributed by atoms with Crippen molar-refractivity contribution in [2.24, 2.45) is 11.7 Å². The maximum atomic E-state index is 13.2. The number of carbonyl (C=O) groups excluding carboxylic acids is 3. The highest BCUT2D eigenvalue weighted by molar-refractivity contribution is 7.80. The van der Waals surface area contributed by atoms with Crippen LogP contribution in [0.25, 0.3) is 10.9 Å². The molecule has 8 N–H and O–H groups in total. The number of aromatic hydroxyl groups is 1. The SMILES string of the molecule is CCC(C)C(NC(=O)C(CS)NC(=O)C(N)Cc1c[nH]c2ccccc12)C(=O)NC(Cc1ccc(O)cc1)C(=O)O. The van der Waals surface area contributed by atoms with Crippen LogP contribution in [0.4, 0.5) is 0 Å². The number of H-pyrrole nitrogens is 1. The minimum atomic E-state index is -1.27. The normalized spacial score (nSPS) is 14.8. The molecule has 5 atom stereocenters. The number of para-hydroxylation sites is 1. The lowest BCUT2D eigenvalue weighted by Gasteiger charge is -2.27. The van der Waals surface area contributed by atoms with Gasteiger partial charge in [0, 0.05) is 29.3 Å². The molecule has 1 heterocycles. The van der Waals surface area contributed by atoms with E-state index in [9.17, 15) is 29.4 Å². The highest BCUT2D eigenvalue weighted by Gasteiger charge is 2.32. The summed E-state index contributed by atoms with van der Waals surface area (Å²) in [4.78, 5) is 54.3. The highest BCUT2D eigenvalue weighted by atomic mass is 32.1. The number of nitrogens with one attached hydrogen (secondary N) is 4. The summed E-state index contributed by atoms with van der Waals surface area (Å²) in [6.45, 7) is 3.59. The van der Waals surface area contributed by atoms with Crippen LogP contribution in [0.15, 0.2) is 54.7 Å². The third kappa shape index (κ3) is 8.48.